The predicted molar refractivity (Wildman–Crippen MR) is 78.5 cm³/mol. The first-order valence-electron chi connectivity index (χ1n) is 7.04. The average molecular weight is 282 g/mol. The van der Waals surface area contributed by atoms with Crippen molar-refractivity contribution in [2.75, 3.05) is 24.5 Å². The summed E-state index contributed by atoms with van der Waals surface area (Å²) in [6.45, 7) is 6.49. The van der Waals surface area contributed by atoms with Crippen LogP contribution in [0.15, 0.2) is 18.2 Å². The summed E-state index contributed by atoms with van der Waals surface area (Å²) in [5, 5.41) is 12.0. The quantitative estimate of drug-likeness (QED) is 0.684. The first-order chi connectivity index (χ1) is 9.58. The molecule has 0 radical (unpaired) electrons. The monoisotopic (exact) mass is 282 g/mol. The molecular weight excluding hydrogens is 259 g/mol. The first-order valence-corrected chi connectivity index (χ1v) is 7.04. The fourth-order valence-electron chi connectivity index (χ4n) is 2.00. The SMILES string of the molecule is CCCNCc1ccc(F)c(N(CC)CCC(=O)O)c1. The molecule has 0 saturated carbocycles. The lowest BCUT2D eigenvalue weighted by atomic mass is 10.1. The Morgan fingerprint density at radius 3 is 2.75 bits per heavy atom. The van der Waals surface area contributed by atoms with Crippen molar-refractivity contribution >= 4 is 11.7 Å². The molecule has 0 aromatic heterocycles. The summed E-state index contributed by atoms with van der Waals surface area (Å²) in [6, 6.07) is 5.00. The van der Waals surface area contributed by atoms with Crippen molar-refractivity contribution in [3.05, 3.63) is 29.6 Å². The molecule has 0 saturated heterocycles. The van der Waals surface area contributed by atoms with Gasteiger partial charge in [-0.2, -0.15) is 0 Å². The number of carboxylic acids is 1. The number of anilines is 1. The van der Waals surface area contributed by atoms with E-state index in [-0.39, 0.29) is 12.2 Å². The summed E-state index contributed by atoms with van der Waals surface area (Å²) >= 11 is 0. The molecule has 20 heavy (non-hydrogen) atoms. The third-order valence-electron chi connectivity index (χ3n) is 3.08. The van der Waals surface area contributed by atoms with Crippen LogP contribution in [-0.4, -0.2) is 30.7 Å². The predicted octanol–water partition coefficient (Wildman–Crippen LogP) is 2.63. The number of rotatable bonds is 9. The van der Waals surface area contributed by atoms with Crippen LogP contribution in [0.2, 0.25) is 0 Å². The average Bonchev–Trinajstić information content (AvgIpc) is 2.42. The smallest absolute Gasteiger partial charge is 0.305 e. The number of benzene rings is 1. The Balaban J connectivity index is 2.79. The molecule has 0 aliphatic rings. The number of halogens is 1. The number of carboxylic acid groups (broad SMARTS) is 1. The Morgan fingerprint density at radius 2 is 2.15 bits per heavy atom. The van der Waals surface area contributed by atoms with Crippen LogP contribution in [-0.2, 0) is 11.3 Å². The highest BCUT2D eigenvalue weighted by Gasteiger charge is 2.12. The topological polar surface area (TPSA) is 52.6 Å². The first kappa shape index (κ1) is 16.4. The maximum atomic E-state index is 13.9. The number of nitrogens with zero attached hydrogens (tertiary/aromatic N) is 1. The Kier molecular flexibility index (Phi) is 7.01. The molecule has 4 nitrogen and oxygen atoms in total. The molecular formula is C15H23FN2O2. The van der Waals surface area contributed by atoms with Gasteiger partial charge in [0.05, 0.1) is 12.1 Å². The Hall–Kier alpha value is -1.62. The van der Waals surface area contributed by atoms with Gasteiger partial charge in [-0.25, -0.2) is 4.39 Å². The van der Waals surface area contributed by atoms with Crippen LogP contribution in [0.4, 0.5) is 10.1 Å². The van der Waals surface area contributed by atoms with Gasteiger partial charge in [0, 0.05) is 19.6 Å². The number of nitrogens with one attached hydrogen (secondary N) is 1. The molecule has 0 bridgehead atoms. The van der Waals surface area contributed by atoms with E-state index in [1.54, 1.807) is 17.0 Å². The molecule has 2 N–H and O–H groups in total. The fourth-order valence-corrected chi connectivity index (χ4v) is 2.00. The molecule has 0 spiro atoms. The van der Waals surface area contributed by atoms with Gasteiger partial charge in [0.25, 0.3) is 0 Å². The lowest BCUT2D eigenvalue weighted by Gasteiger charge is -2.23. The standard InChI is InChI=1S/C15H23FN2O2/c1-3-8-17-11-12-5-6-13(16)14(10-12)18(4-2)9-7-15(19)20/h5-6,10,17H,3-4,7-9,11H2,1-2H3,(H,19,20). The van der Waals surface area contributed by atoms with E-state index in [4.69, 9.17) is 5.11 Å². The molecule has 1 aromatic carbocycles. The van der Waals surface area contributed by atoms with Crippen LogP contribution in [0, 0.1) is 5.82 Å². The van der Waals surface area contributed by atoms with E-state index in [9.17, 15) is 9.18 Å². The fraction of sp³-hybridized carbons (Fsp3) is 0.533. The summed E-state index contributed by atoms with van der Waals surface area (Å²) in [4.78, 5) is 12.4. The highest BCUT2D eigenvalue weighted by Crippen LogP contribution is 2.21. The zero-order valence-corrected chi connectivity index (χ0v) is 12.2. The molecule has 1 aromatic rings. The minimum absolute atomic E-state index is 0.00555. The van der Waals surface area contributed by atoms with E-state index in [1.807, 2.05) is 6.92 Å². The Bertz CT molecular complexity index is 438. The largest absolute Gasteiger partial charge is 0.481 e. The van der Waals surface area contributed by atoms with Gasteiger partial charge in [0.1, 0.15) is 5.82 Å². The molecule has 1 rings (SSSR count). The molecule has 5 heteroatoms. The molecule has 0 aliphatic carbocycles. The summed E-state index contributed by atoms with van der Waals surface area (Å²) in [5.74, 6) is -1.18. The third kappa shape index (κ3) is 5.17. The van der Waals surface area contributed by atoms with Crippen molar-refractivity contribution in [2.45, 2.75) is 33.2 Å². The van der Waals surface area contributed by atoms with Gasteiger partial charge in [-0.3, -0.25) is 4.79 Å². The van der Waals surface area contributed by atoms with Gasteiger partial charge in [0.2, 0.25) is 0 Å². The highest BCUT2D eigenvalue weighted by molar-refractivity contribution is 5.67. The number of hydrogen-bond donors (Lipinski definition) is 2. The molecule has 112 valence electrons. The Labute approximate surface area is 119 Å². The molecule has 0 amide bonds. The van der Waals surface area contributed by atoms with Crippen LogP contribution < -0.4 is 10.2 Å². The van der Waals surface area contributed by atoms with Crippen LogP contribution in [0.3, 0.4) is 0 Å². The van der Waals surface area contributed by atoms with Gasteiger partial charge < -0.3 is 15.3 Å². The molecule has 0 atom stereocenters. The normalized spacial score (nSPS) is 10.6. The Morgan fingerprint density at radius 1 is 1.40 bits per heavy atom. The molecule has 0 fully saturated rings. The number of aliphatic carboxylic acids is 1. The third-order valence-corrected chi connectivity index (χ3v) is 3.08. The van der Waals surface area contributed by atoms with E-state index in [2.05, 4.69) is 12.2 Å². The van der Waals surface area contributed by atoms with Gasteiger partial charge in [0.15, 0.2) is 0 Å². The number of carbonyl (C=O) groups is 1. The highest BCUT2D eigenvalue weighted by atomic mass is 19.1. The molecule has 0 aliphatic heterocycles. The zero-order valence-electron chi connectivity index (χ0n) is 12.2. The summed E-state index contributed by atoms with van der Waals surface area (Å²) in [7, 11) is 0. The lowest BCUT2D eigenvalue weighted by molar-refractivity contribution is -0.136. The van der Waals surface area contributed by atoms with Crippen LogP contribution >= 0.6 is 0 Å². The van der Waals surface area contributed by atoms with Crippen LogP contribution in [0.1, 0.15) is 32.3 Å². The second-order valence-corrected chi connectivity index (χ2v) is 4.69. The minimum atomic E-state index is -0.871. The van der Waals surface area contributed by atoms with Gasteiger partial charge in [-0.1, -0.05) is 13.0 Å². The molecule has 0 heterocycles. The van der Waals surface area contributed by atoms with E-state index in [0.717, 1.165) is 18.5 Å². The van der Waals surface area contributed by atoms with Crippen molar-refractivity contribution in [1.82, 2.24) is 5.32 Å². The van der Waals surface area contributed by atoms with Crippen molar-refractivity contribution < 1.29 is 14.3 Å². The second kappa shape index (κ2) is 8.53. The van der Waals surface area contributed by atoms with Gasteiger partial charge in [-0.15, -0.1) is 0 Å². The number of hydrogen-bond acceptors (Lipinski definition) is 3. The zero-order chi connectivity index (χ0) is 15.0. The van der Waals surface area contributed by atoms with Crippen molar-refractivity contribution in [3.8, 4) is 0 Å². The van der Waals surface area contributed by atoms with Crippen molar-refractivity contribution in [3.63, 3.8) is 0 Å². The minimum Gasteiger partial charge on any atom is -0.481 e. The second-order valence-electron chi connectivity index (χ2n) is 4.69. The maximum absolute atomic E-state index is 13.9. The molecule has 0 unspecified atom stereocenters. The maximum Gasteiger partial charge on any atom is 0.305 e. The summed E-state index contributed by atoms with van der Waals surface area (Å²) < 4.78 is 13.9. The van der Waals surface area contributed by atoms with Gasteiger partial charge in [-0.05, 0) is 37.6 Å². The van der Waals surface area contributed by atoms with E-state index in [0.29, 0.717) is 25.3 Å². The van der Waals surface area contributed by atoms with E-state index >= 15 is 0 Å². The van der Waals surface area contributed by atoms with Crippen molar-refractivity contribution in [1.29, 1.82) is 0 Å². The van der Waals surface area contributed by atoms with Crippen LogP contribution in [0.25, 0.3) is 0 Å². The van der Waals surface area contributed by atoms with Gasteiger partial charge >= 0.3 is 5.97 Å². The van der Waals surface area contributed by atoms with Crippen LogP contribution in [0.5, 0.6) is 0 Å². The summed E-state index contributed by atoms with van der Waals surface area (Å²) in [5.41, 5.74) is 1.48. The lowest BCUT2D eigenvalue weighted by Crippen LogP contribution is -2.27. The van der Waals surface area contributed by atoms with E-state index in [1.165, 1.54) is 6.07 Å². The van der Waals surface area contributed by atoms with E-state index < -0.39 is 5.97 Å². The van der Waals surface area contributed by atoms with Crippen molar-refractivity contribution in [2.24, 2.45) is 0 Å². The summed E-state index contributed by atoms with van der Waals surface area (Å²) in [6.07, 6.45) is 1.05.